The molecule has 0 bridgehead atoms. The van der Waals surface area contributed by atoms with Gasteiger partial charge in [-0.2, -0.15) is 0 Å². The first-order valence-electron chi connectivity index (χ1n) is 4.66. The summed E-state index contributed by atoms with van der Waals surface area (Å²) in [6, 6.07) is 0. The van der Waals surface area contributed by atoms with E-state index in [4.69, 9.17) is 5.21 Å². The van der Waals surface area contributed by atoms with E-state index in [1.807, 2.05) is 27.5 Å². The molecule has 0 aromatic rings. The van der Waals surface area contributed by atoms with Crippen molar-refractivity contribution in [2.24, 2.45) is 0 Å². The van der Waals surface area contributed by atoms with Crippen molar-refractivity contribution in [3.05, 3.63) is 0 Å². The van der Waals surface area contributed by atoms with Crippen LogP contribution in [0.4, 0.5) is 0 Å². The quantitative estimate of drug-likeness (QED) is 0.304. The van der Waals surface area contributed by atoms with Crippen LogP contribution in [0.3, 0.4) is 0 Å². The summed E-state index contributed by atoms with van der Waals surface area (Å²) in [4.78, 5) is 25.9. The molecule has 2 N–H and O–H groups in total. The van der Waals surface area contributed by atoms with Crippen LogP contribution >= 0.6 is 22.6 Å². The summed E-state index contributed by atoms with van der Waals surface area (Å²) < 4.78 is 0.495. The van der Waals surface area contributed by atoms with Crippen LogP contribution in [-0.4, -0.2) is 64.0 Å². The van der Waals surface area contributed by atoms with E-state index in [1.165, 1.54) is 0 Å². The van der Waals surface area contributed by atoms with Gasteiger partial charge in [0.15, 0.2) is 0 Å². The van der Waals surface area contributed by atoms with Crippen LogP contribution in [0.5, 0.6) is 0 Å². The molecule has 7 heteroatoms. The summed E-state index contributed by atoms with van der Waals surface area (Å²) in [5.74, 6) is -0.273. The second kappa shape index (κ2) is 6.23. The number of hydroxylamine groups is 1. The molecule has 0 aromatic heterocycles. The number of halogens is 1. The molecule has 0 aromatic carbocycles. The molecular weight excluding hydrogens is 313 g/mol. The van der Waals surface area contributed by atoms with Crippen molar-refractivity contribution in [2.75, 3.05) is 37.2 Å². The third kappa shape index (κ3) is 3.92. The van der Waals surface area contributed by atoms with Crippen LogP contribution in [0, 0.1) is 0 Å². The maximum absolute atomic E-state index is 11.3. The molecule has 1 aliphatic rings. The molecule has 15 heavy (non-hydrogen) atoms. The van der Waals surface area contributed by atoms with E-state index >= 15 is 0 Å². The van der Waals surface area contributed by atoms with Crippen molar-refractivity contribution in [2.45, 2.75) is 0 Å². The van der Waals surface area contributed by atoms with E-state index in [0.29, 0.717) is 30.6 Å². The number of nitrogens with one attached hydrogen (secondary N) is 1. The molecule has 1 fully saturated rings. The summed E-state index contributed by atoms with van der Waals surface area (Å²) in [7, 11) is 0. The van der Waals surface area contributed by atoms with Crippen LogP contribution in [0.25, 0.3) is 0 Å². The molecule has 0 radical (unpaired) electrons. The fourth-order valence-corrected chi connectivity index (χ4v) is 1.96. The number of nitrogens with zero attached hydrogens (tertiary/aromatic N) is 2. The predicted octanol–water partition coefficient (Wildman–Crippen LogP) is -0.929. The average Bonchev–Trinajstić information content (AvgIpc) is 2.29. The monoisotopic (exact) mass is 327 g/mol. The Labute approximate surface area is 102 Å². The van der Waals surface area contributed by atoms with Gasteiger partial charge in [-0.25, -0.2) is 5.48 Å². The topological polar surface area (TPSA) is 72.9 Å². The van der Waals surface area contributed by atoms with Crippen molar-refractivity contribution in [3.63, 3.8) is 0 Å². The summed E-state index contributed by atoms with van der Waals surface area (Å²) >= 11 is 2.04. The number of hydrogen-bond donors (Lipinski definition) is 2. The summed E-state index contributed by atoms with van der Waals surface area (Å²) in [5, 5.41) is 8.35. The summed E-state index contributed by atoms with van der Waals surface area (Å²) in [6.45, 7) is 2.84. The van der Waals surface area contributed by atoms with Crippen LogP contribution < -0.4 is 5.48 Å². The number of hydrogen-bond acceptors (Lipinski definition) is 4. The predicted molar refractivity (Wildman–Crippen MR) is 61.8 cm³/mol. The van der Waals surface area contributed by atoms with Gasteiger partial charge in [0.1, 0.15) is 0 Å². The number of carbonyl (C=O) groups is 2. The standard InChI is InChI=1S/C8H14IN3O3/c9-5-8(14)12-3-1-11(2-4-12)6-7(13)10-15/h15H,1-6H2,(H,10,13). The molecule has 1 aliphatic heterocycles. The highest BCUT2D eigenvalue weighted by molar-refractivity contribution is 14.1. The Morgan fingerprint density at radius 1 is 1.27 bits per heavy atom. The summed E-state index contributed by atoms with van der Waals surface area (Å²) in [5.41, 5.74) is 1.60. The highest BCUT2D eigenvalue weighted by Gasteiger charge is 2.21. The number of rotatable bonds is 3. The third-order valence-electron chi connectivity index (χ3n) is 2.33. The number of carbonyl (C=O) groups excluding carboxylic acids is 2. The first-order chi connectivity index (χ1) is 7.17. The molecule has 1 rings (SSSR count). The van der Waals surface area contributed by atoms with E-state index in [0.717, 1.165) is 0 Å². The molecule has 0 saturated carbocycles. The van der Waals surface area contributed by atoms with Gasteiger partial charge in [0.25, 0.3) is 5.91 Å². The second-order valence-electron chi connectivity index (χ2n) is 3.33. The Kier molecular flexibility index (Phi) is 5.26. The van der Waals surface area contributed by atoms with E-state index in [-0.39, 0.29) is 12.5 Å². The maximum atomic E-state index is 11.3. The fourth-order valence-electron chi connectivity index (χ4n) is 1.48. The molecular formula is C8H14IN3O3. The molecule has 1 saturated heterocycles. The Morgan fingerprint density at radius 3 is 2.33 bits per heavy atom. The lowest BCUT2D eigenvalue weighted by Crippen LogP contribution is -2.51. The van der Waals surface area contributed by atoms with Gasteiger partial charge in [-0.1, -0.05) is 22.6 Å². The van der Waals surface area contributed by atoms with Crippen molar-refractivity contribution < 1.29 is 14.8 Å². The van der Waals surface area contributed by atoms with Crippen molar-refractivity contribution >= 4 is 34.4 Å². The first-order valence-corrected chi connectivity index (χ1v) is 6.19. The molecule has 1 heterocycles. The lowest BCUT2D eigenvalue weighted by molar-refractivity contribution is -0.132. The fraction of sp³-hybridized carbons (Fsp3) is 0.750. The molecule has 86 valence electrons. The zero-order chi connectivity index (χ0) is 11.3. The van der Waals surface area contributed by atoms with Gasteiger partial charge in [0.2, 0.25) is 5.91 Å². The lowest BCUT2D eigenvalue weighted by Gasteiger charge is -2.33. The van der Waals surface area contributed by atoms with Crippen molar-refractivity contribution in [3.8, 4) is 0 Å². The van der Waals surface area contributed by atoms with Crippen LogP contribution in [0.1, 0.15) is 0 Å². The number of alkyl halides is 1. The lowest BCUT2D eigenvalue weighted by atomic mass is 10.3. The van der Waals surface area contributed by atoms with Gasteiger partial charge in [-0.15, -0.1) is 0 Å². The second-order valence-corrected chi connectivity index (χ2v) is 4.09. The van der Waals surface area contributed by atoms with Crippen LogP contribution in [0.2, 0.25) is 0 Å². The SMILES string of the molecule is O=C(CN1CCN(C(=O)CI)CC1)NO. The molecule has 0 aliphatic carbocycles. The van der Waals surface area contributed by atoms with E-state index in [2.05, 4.69) is 0 Å². The van der Waals surface area contributed by atoms with E-state index < -0.39 is 5.91 Å². The van der Waals surface area contributed by atoms with Gasteiger partial charge >= 0.3 is 0 Å². The highest BCUT2D eigenvalue weighted by atomic mass is 127. The van der Waals surface area contributed by atoms with E-state index in [9.17, 15) is 9.59 Å². The zero-order valence-corrected chi connectivity index (χ0v) is 10.4. The van der Waals surface area contributed by atoms with Crippen molar-refractivity contribution in [1.29, 1.82) is 0 Å². The largest absolute Gasteiger partial charge is 0.339 e. The Morgan fingerprint density at radius 2 is 1.87 bits per heavy atom. The number of piperazine rings is 1. The molecule has 0 spiro atoms. The maximum Gasteiger partial charge on any atom is 0.257 e. The normalized spacial score (nSPS) is 17.6. The minimum atomic E-state index is -0.413. The zero-order valence-electron chi connectivity index (χ0n) is 8.28. The molecule has 0 unspecified atom stereocenters. The van der Waals surface area contributed by atoms with E-state index in [1.54, 1.807) is 10.4 Å². The minimum absolute atomic E-state index is 0.141. The van der Waals surface area contributed by atoms with Gasteiger partial charge in [0, 0.05) is 26.2 Å². The highest BCUT2D eigenvalue weighted by Crippen LogP contribution is 2.03. The minimum Gasteiger partial charge on any atom is -0.339 e. The Balaban J connectivity index is 2.29. The van der Waals surface area contributed by atoms with Gasteiger partial charge in [-0.05, 0) is 0 Å². The smallest absolute Gasteiger partial charge is 0.257 e. The van der Waals surface area contributed by atoms with Gasteiger partial charge in [-0.3, -0.25) is 19.7 Å². The van der Waals surface area contributed by atoms with Gasteiger partial charge in [0.05, 0.1) is 11.0 Å². The van der Waals surface area contributed by atoms with Crippen LogP contribution in [-0.2, 0) is 9.59 Å². The average molecular weight is 327 g/mol. The first kappa shape index (κ1) is 12.7. The summed E-state index contributed by atoms with van der Waals surface area (Å²) in [6.07, 6.45) is 0. The molecule has 0 atom stereocenters. The molecule has 6 nitrogen and oxygen atoms in total. The molecule has 2 amide bonds. The Hall–Kier alpha value is -0.410. The van der Waals surface area contributed by atoms with Gasteiger partial charge < -0.3 is 4.90 Å². The third-order valence-corrected chi connectivity index (χ3v) is 2.98. The Bertz CT molecular complexity index is 241. The van der Waals surface area contributed by atoms with Crippen molar-refractivity contribution in [1.82, 2.24) is 15.3 Å². The van der Waals surface area contributed by atoms with Crippen LogP contribution in [0.15, 0.2) is 0 Å². The number of amides is 2.